The van der Waals surface area contributed by atoms with Crippen molar-refractivity contribution in [2.45, 2.75) is 38.0 Å². The summed E-state index contributed by atoms with van der Waals surface area (Å²) < 4.78 is 39.3. The number of anilines is 1. The highest BCUT2D eigenvalue weighted by Crippen LogP contribution is 2.35. The summed E-state index contributed by atoms with van der Waals surface area (Å²) in [6, 6.07) is 13.0. The van der Waals surface area contributed by atoms with Gasteiger partial charge >= 0.3 is 5.97 Å². The Morgan fingerprint density at radius 2 is 1.76 bits per heavy atom. The normalized spacial score (nSPS) is 11.7. The number of carbonyl (C=O) groups excluding carboxylic acids is 1. The molecule has 1 heterocycles. The number of carbonyl (C=O) groups is 1. The van der Waals surface area contributed by atoms with E-state index in [1.165, 1.54) is 31.5 Å². The first-order valence-electron chi connectivity index (χ1n) is 10.1. The highest BCUT2D eigenvalue weighted by atomic mass is 35.5. The number of nitrogens with one attached hydrogen (secondary N) is 1. The van der Waals surface area contributed by atoms with E-state index in [1.807, 2.05) is 20.8 Å². The van der Waals surface area contributed by atoms with Gasteiger partial charge in [0, 0.05) is 6.20 Å². The van der Waals surface area contributed by atoms with E-state index in [-0.39, 0.29) is 38.2 Å². The number of rotatable bonds is 6. The molecule has 33 heavy (non-hydrogen) atoms. The van der Waals surface area contributed by atoms with Gasteiger partial charge in [0.2, 0.25) is 5.88 Å². The number of nitrogens with zero attached hydrogens (tertiary/aromatic N) is 1. The molecule has 9 heteroatoms. The van der Waals surface area contributed by atoms with Crippen LogP contribution in [0.25, 0.3) is 0 Å². The molecule has 0 amide bonds. The average molecular weight is 489 g/mol. The number of aromatic nitrogens is 1. The lowest BCUT2D eigenvalue weighted by Gasteiger charge is -2.19. The van der Waals surface area contributed by atoms with Crippen LogP contribution in [-0.2, 0) is 20.2 Å². The van der Waals surface area contributed by atoms with Gasteiger partial charge in [-0.25, -0.2) is 18.2 Å². The third-order valence-corrected chi connectivity index (χ3v) is 6.50. The standard InChI is InChI=1S/C24H25ClN2O5S/c1-15-7-6-8-19(23(28)31-5)21(15)32-22-20(13-17(25)14-26-22)27-33(29,30)18-11-9-16(10-12-18)24(2,3)4/h6-14,27H,1-5H3. The quantitative estimate of drug-likeness (QED) is 0.446. The monoisotopic (exact) mass is 488 g/mol. The van der Waals surface area contributed by atoms with E-state index in [9.17, 15) is 13.2 Å². The molecular weight excluding hydrogens is 464 g/mol. The van der Waals surface area contributed by atoms with Crippen LogP contribution in [0, 0.1) is 6.92 Å². The van der Waals surface area contributed by atoms with E-state index in [0.29, 0.717) is 5.56 Å². The van der Waals surface area contributed by atoms with Gasteiger partial charge in [-0.15, -0.1) is 0 Å². The van der Waals surface area contributed by atoms with Crippen LogP contribution in [0.2, 0.25) is 5.02 Å². The zero-order chi connectivity index (χ0) is 24.4. The molecule has 0 spiro atoms. The Bertz CT molecular complexity index is 1280. The van der Waals surface area contributed by atoms with E-state index in [0.717, 1.165) is 5.56 Å². The van der Waals surface area contributed by atoms with Crippen LogP contribution in [0.3, 0.4) is 0 Å². The molecule has 0 atom stereocenters. The van der Waals surface area contributed by atoms with Gasteiger partial charge in [0.05, 0.1) is 17.0 Å². The molecule has 174 valence electrons. The van der Waals surface area contributed by atoms with Crippen molar-refractivity contribution in [3.8, 4) is 11.6 Å². The summed E-state index contributed by atoms with van der Waals surface area (Å²) in [5, 5.41) is 0.209. The lowest BCUT2D eigenvalue weighted by Crippen LogP contribution is -2.15. The first-order valence-corrected chi connectivity index (χ1v) is 11.9. The first kappa shape index (κ1) is 24.5. The maximum absolute atomic E-state index is 13.1. The van der Waals surface area contributed by atoms with Gasteiger partial charge in [-0.2, -0.15) is 0 Å². The number of methoxy groups -OCH3 is 1. The molecule has 0 unspecified atom stereocenters. The Morgan fingerprint density at radius 1 is 1.09 bits per heavy atom. The zero-order valence-corrected chi connectivity index (χ0v) is 20.5. The molecule has 0 radical (unpaired) electrons. The Kier molecular flexibility index (Phi) is 7.00. The molecule has 7 nitrogen and oxygen atoms in total. The Morgan fingerprint density at radius 3 is 2.36 bits per heavy atom. The third kappa shape index (κ3) is 5.64. The maximum atomic E-state index is 13.1. The molecule has 3 rings (SSSR count). The lowest BCUT2D eigenvalue weighted by atomic mass is 9.87. The second kappa shape index (κ2) is 9.41. The average Bonchev–Trinajstić information content (AvgIpc) is 2.75. The summed E-state index contributed by atoms with van der Waals surface area (Å²) in [4.78, 5) is 16.4. The van der Waals surface area contributed by atoms with Crippen LogP contribution in [0.4, 0.5) is 5.69 Å². The van der Waals surface area contributed by atoms with Gasteiger partial charge < -0.3 is 9.47 Å². The number of halogens is 1. The summed E-state index contributed by atoms with van der Waals surface area (Å²) in [6.07, 6.45) is 1.32. The number of sulfonamides is 1. The second-order valence-corrected chi connectivity index (χ2v) is 10.6. The molecule has 0 aliphatic rings. The molecule has 0 bridgehead atoms. The van der Waals surface area contributed by atoms with Gasteiger partial charge in [0.25, 0.3) is 10.0 Å². The smallest absolute Gasteiger partial charge is 0.341 e. The van der Waals surface area contributed by atoms with Crippen molar-refractivity contribution >= 4 is 33.3 Å². The van der Waals surface area contributed by atoms with Crippen molar-refractivity contribution in [3.63, 3.8) is 0 Å². The van der Waals surface area contributed by atoms with Gasteiger partial charge in [-0.3, -0.25) is 4.72 Å². The fraction of sp³-hybridized carbons (Fsp3) is 0.250. The van der Waals surface area contributed by atoms with Crippen LogP contribution in [0.15, 0.2) is 59.6 Å². The van der Waals surface area contributed by atoms with Gasteiger partial charge in [-0.1, -0.05) is 56.6 Å². The molecule has 0 aliphatic carbocycles. The molecule has 3 aromatic rings. The predicted molar refractivity (Wildman–Crippen MR) is 128 cm³/mol. The number of pyridine rings is 1. The summed E-state index contributed by atoms with van der Waals surface area (Å²) in [6.45, 7) is 7.89. The third-order valence-electron chi connectivity index (χ3n) is 4.91. The summed E-state index contributed by atoms with van der Waals surface area (Å²) in [5.74, 6) is -0.452. The van der Waals surface area contributed by atoms with Crippen LogP contribution in [-0.4, -0.2) is 26.5 Å². The Labute approximate surface area is 198 Å². The molecule has 0 fully saturated rings. The predicted octanol–water partition coefficient (Wildman–Crippen LogP) is 5.72. The SMILES string of the molecule is COC(=O)c1cccc(C)c1Oc1ncc(Cl)cc1NS(=O)(=O)c1ccc(C(C)(C)C)cc1. The van der Waals surface area contributed by atoms with Gasteiger partial charge in [0.1, 0.15) is 17.0 Å². The molecule has 0 saturated carbocycles. The van der Waals surface area contributed by atoms with Crippen LogP contribution in [0.1, 0.15) is 42.3 Å². The lowest BCUT2D eigenvalue weighted by molar-refractivity contribution is 0.0597. The van der Waals surface area contributed by atoms with E-state index in [2.05, 4.69) is 9.71 Å². The van der Waals surface area contributed by atoms with Crippen LogP contribution >= 0.6 is 11.6 Å². The summed E-state index contributed by atoms with van der Waals surface area (Å²) in [7, 11) is -2.71. The Balaban J connectivity index is 1.99. The molecule has 1 aromatic heterocycles. The van der Waals surface area contributed by atoms with E-state index in [1.54, 1.807) is 37.3 Å². The van der Waals surface area contributed by atoms with Crippen LogP contribution in [0.5, 0.6) is 11.6 Å². The molecule has 1 N–H and O–H groups in total. The fourth-order valence-electron chi connectivity index (χ4n) is 3.07. The highest BCUT2D eigenvalue weighted by Gasteiger charge is 2.22. The van der Waals surface area contributed by atoms with Crippen molar-refractivity contribution in [1.82, 2.24) is 4.98 Å². The number of benzene rings is 2. The number of para-hydroxylation sites is 1. The number of hydrogen-bond donors (Lipinski definition) is 1. The largest absolute Gasteiger partial charge is 0.465 e. The number of aryl methyl sites for hydroxylation is 1. The minimum absolute atomic E-state index is 0.0291. The summed E-state index contributed by atoms with van der Waals surface area (Å²) in [5.41, 5.74) is 1.74. The van der Waals surface area contributed by atoms with E-state index in [4.69, 9.17) is 21.1 Å². The van der Waals surface area contributed by atoms with Crippen molar-refractivity contribution in [2.75, 3.05) is 11.8 Å². The molecular formula is C24H25ClN2O5S. The van der Waals surface area contributed by atoms with Gasteiger partial charge in [-0.05, 0) is 47.7 Å². The fourth-order valence-corrected chi connectivity index (χ4v) is 4.28. The zero-order valence-electron chi connectivity index (χ0n) is 19.0. The Hall–Kier alpha value is -3.10. The van der Waals surface area contributed by atoms with Crippen molar-refractivity contribution in [3.05, 3.63) is 76.4 Å². The number of ether oxygens (including phenoxy) is 2. The second-order valence-electron chi connectivity index (χ2n) is 8.43. The van der Waals surface area contributed by atoms with Gasteiger partial charge in [0.15, 0.2) is 0 Å². The van der Waals surface area contributed by atoms with Crippen molar-refractivity contribution < 1.29 is 22.7 Å². The van der Waals surface area contributed by atoms with Crippen LogP contribution < -0.4 is 9.46 Å². The number of esters is 1. The van der Waals surface area contributed by atoms with Crippen molar-refractivity contribution in [1.29, 1.82) is 0 Å². The molecule has 0 aliphatic heterocycles. The summed E-state index contributed by atoms with van der Waals surface area (Å²) >= 11 is 6.07. The maximum Gasteiger partial charge on any atom is 0.341 e. The molecule has 0 saturated heterocycles. The molecule has 2 aromatic carbocycles. The van der Waals surface area contributed by atoms with E-state index >= 15 is 0 Å². The highest BCUT2D eigenvalue weighted by molar-refractivity contribution is 7.92. The minimum atomic E-state index is -3.97. The van der Waals surface area contributed by atoms with E-state index < -0.39 is 16.0 Å². The number of hydrogen-bond acceptors (Lipinski definition) is 6. The first-order chi connectivity index (χ1) is 15.4. The minimum Gasteiger partial charge on any atom is -0.465 e. The topological polar surface area (TPSA) is 94.6 Å². The van der Waals surface area contributed by atoms with Crippen molar-refractivity contribution in [2.24, 2.45) is 0 Å².